The third-order valence-electron chi connectivity index (χ3n) is 5.26. The Hall–Kier alpha value is -1.99. The Kier molecular flexibility index (Phi) is 5.69. The van der Waals surface area contributed by atoms with Gasteiger partial charge in [-0.25, -0.2) is 0 Å². The summed E-state index contributed by atoms with van der Waals surface area (Å²) < 4.78 is 11.7. The molecule has 0 spiro atoms. The topological polar surface area (TPSA) is 18.5 Å². The van der Waals surface area contributed by atoms with Crippen molar-refractivity contribution < 1.29 is 9.47 Å². The summed E-state index contributed by atoms with van der Waals surface area (Å²) in [5, 5.41) is 4.23. The molecule has 27 heavy (non-hydrogen) atoms. The van der Waals surface area contributed by atoms with Gasteiger partial charge in [0.1, 0.15) is 23.2 Å². The second-order valence-corrected chi connectivity index (χ2v) is 10.6. The van der Waals surface area contributed by atoms with Gasteiger partial charge in [-0.05, 0) is 36.4 Å². The normalized spacial score (nSPS) is 16.3. The van der Waals surface area contributed by atoms with Crippen molar-refractivity contribution in [1.29, 1.82) is 0 Å². The highest BCUT2D eigenvalue weighted by Crippen LogP contribution is 2.57. The average molecular weight is 377 g/mol. The van der Waals surface area contributed by atoms with Gasteiger partial charge in [-0.1, -0.05) is 61.5 Å². The Morgan fingerprint density at radius 1 is 0.704 bits per heavy atom. The zero-order valence-corrected chi connectivity index (χ0v) is 16.6. The largest absolute Gasteiger partial charge is 0.350 e. The molecule has 1 unspecified atom stereocenters. The lowest BCUT2D eigenvalue weighted by molar-refractivity contribution is -0.0722. The van der Waals surface area contributed by atoms with Crippen molar-refractivity contribution in [2.45, 2.75) is 13.2 Å². The van der Waals surface area contributed by atoms with E-state index in [0.29, 0.717) is 19.1 Å². The molecule has 4 rings (SSSR count). The van der Waals surface area contributed by atoms with E-state index in [4.69, 9.17) is 9.47 Å². The minimum absolute atomic E-state index is 0.111. The van der Waals surface area contributed by atoms with E-state index in [1.165, 1.54) is 15.9 Å². The van der Waals surface area contributed by atoms with E-state index in [-0.39, 0.29) is 6.29 Å². The first-order valence-corrected chi connectivity index (χ1v) is 11.6. The van der Waals surface area contributed by atoms with Crippen LogP contribution in [0.25, 0.3) is 0 Å². The third-order valence-corrected chi connectivity index (χ3v) is 9.93. The van der Waals surface area contributed by atoms with Crippen LogP contribution in [-0.2, 0) is 9.47 Å². The highest BCUT2D eigenvalue weighted by Gasteiger charge is 2.48. The molecule has 0 aliphatic carbocycles. The van der Waals surface area contributed by atoms with Gasteiger partial charge < -0.3 is 9.47 Å². The second kappa shape index (κ2) is 8.35. The second-order valence-electron chi connectivity index (χ2n) is 7.09. The molecule has 1 heterocycles. The van der Waals surface area contributed by atoms with Gasteiger partial charge >= 0.3 is 0 Å². The van der Waals surface area contributed by atoms with Crippen molar-refractivity contribution in [3.63, 3.8) is 0 Å². The molecule has 0 amide bonds. The van der Waals surface area contributed by atoms with Crippen molar-refractivity contribution in [2.24, 2.45) is 5.92 Å². The molecule has 3 aromatic carbocycles. The van der Waals surface area contributed by atoms with Gasteiger partial charge in [-0.2, -0.15) is 0 Å². The molecule has 1 fully saturated rings. The fourth-order valence-corrected chi connectivity index (χ4v) is 8.64. The summed E-state index contributed by atoms with van der Waals surface area (Å²) in [6.45, 7) is 3.66. The maximum absolute atomic E-state index is 5.86. The van der Waals surface area contributed by atoms with Crippen molar-refractivity contribution in [1.82, 2.24) is 0 Å². The summed E-state index contributed by atoms with van der Waals surface area (Å²) in [7, 11) is -1.82. The molecule has 1 aliphatic rings. The predicted molar refractivity (Wildman–Crippen MR) is 115 cm³/mol. The first-order chi connectivity index (χ1) is 13.3. The summed E-state index contributed by atoms with van der Waals surface area (Å²) in [6.07, 6.45) is 0.913. The van der Waals surface area contributed by atoms with Gasteiger partial charge in [-0.15, -0.1) is 0 Å². The van der Waals surface area contributed by atoms with E-state index in [1.807, 2.05) is 0 Å². The van der Waals surface area contributed by atoms with Crippen LogP contribution < -0.4 is 15.9 Å². The first-order valence-electron chi connectivity index (χ1n) is 9.59. The van der Waals surface area contributed by atoms with Crippen LogP contribution in [0, 0.1) is 5.92 Å². The van der Waals surface area contributed by atoms with Crippen LogP contribution in [0.4, 0.5) is 0 Å². The third kappa shape index (κ3) is 3.71. The van der Waals surface area contributed by atoms with Gasteiger partial charge in [0, 0.05) is 5.92 Å². The van der Waals surface area contributed by atoms with Crippen LogP contribution in [0.2, 0.25) is 0 Å². The summed E-state index contributed by atoms with van der Waals surface area (Å²) in [5.41, 5.74) is 0. The Labute approximate surface area is 162 Å². The van der Waals surface area contributed by atoms with Crippen LogP contribution in [0.5, 0.6) is 0 Å². The van der Waals surface area contributed by atoms with Gasteiger partial charge in [0.05, 0.1) is 19.4 Å². The van der Waals surface area contributed by atoms with Gasteiger partial charge in [0.2, 0.25) is 0 Å². The minimum Gasteiger partial charge on any atom is -0.350 e. The number of hydrogen-bond donors (Lipinski definition) is 0. The Morgan fingerprint density at radius 2 is 1.07 bits per heavy atom. The summed E-state index contributed by atoms with van der Waals surface area (Å²) in [6, 6.07) is 33.0. The van der Waals surface area contributed by atoms with Crippen molar-refractivity contribution in [2.75, 3.05) is 19.4 Å². The van der Waals surface area contributed by atoms with E-state index in [2.05, 4.69) is 97.9 Å². The molecule has 0 N–H and O–H groups in total. The molecule has 1 aliphatic heterocycles. The SMILES string of the molecule is CC(C[P+](c1ccccc1)(c1ccccc1)c1ccccc1)C1OCCO1. The smallest absolute Gasteiger partial charge is 0.163 e. The molecule has 0 bridgehead atoms. The molecular weight excluding hydrogens is 351 g/mol. The lowest BCUT2D eigenvalue weighted by atomic mass is 10.2. The number of hydrogen-bond acceptors (Lipinski definition) is 2. The lowest BCUT2D eigenvalue weighted by Gasteiger charge is -2.31. The Balaban J connectivity index is 1.89. The average Bonchev–Trinajstić information content (AvgIpc) is 3.29. The van der Waals surface area contributed by atoms with Crippen LogP contribution in [0.3, 0.4) is 0 Å². The summed E-state index contributed by atoms with van der Waals surface area (Å²) in [4.78, 5) is 0. The highest BCUT2D eigenvalue weighted by atomic mass is 31.2. The van der Waals surface area contributed by atoms with Gasteiger partial charge in [0.15, 0.2) is 6.29 Å². The molecule has 0 aromatic heterocycles. The molecule has 1 atom stereocenters. The first kappa shape index (κ1) is 18.4. The maximum Gasteiger partial charge on any atom is 0.163 e. The van der Waals surface area contributed by atoms with Crippen molar-refractivity contribution >= 4 is 23.2 Å². The molecule has 3 heteroatoms. The zero-order valence-electron chi connectivity index (χ0n) is 15.7. The van der Waals surface area contributed by atoms with Crippen LogP contribution >= 0.6 is 7.26 Å². The minimum atomic E-state index is -1.82. The molecular formula is C24H26O2P+. The van der Waals surface area contributed by atoms with Gasteiger partial charge in [-0.3, -0.25) is 0 Å². The van der Waals surface area contributed by atoms with Crippen molar-refractivity contribution in [3.05, 3.63) is 91.0 Å². The lowest BCUT2D eigenvalue weighted by Crippen LogP contribution is -2.37. The predicted octanol–water partition coefficient (Wildman–Crippen LogP) is 3.99. The monoisotopic (exact) mass is 377 g/mol. The summed E-state index contributed by atoms with van der Waals surface area (Å²) >= 11 is 0. The van der Waals surface area contributed by atoms with E-state index in [1.54, 1.807) is 0 Å². The molecule has 2 nitrogen and oxygen atoms in total. The van der Waals surface area contributed by atoms with Crippen LogP contribution in [0.1, 0.15) is 6.92 Å². The molecule has 1 saturated heterocycles. The quantitative estimate of drug-likeness (QED) is 0.605. The van der Waals surface area contributed by atoms with Crippen LogP contribution in [-0.4, -0.2) is 25.7 Å². The fraction of sp³-hybridized carbons (Fsp3) is 0.250. The Morgan fingerprint density at radius 3 is 1.44 bits per heavy atom. The number of benzene rings is 3. The molecule has 138 valence electrons. The standard InChI is InChI=1S/C24H26O2P/c1-20(24-25-17-18-26-24)19-27(21-11-5-2-6-12-21,22-13-7-3-8-14-22)23-15-9-4-10-16-23/h2-16,20,24H,17-19H2,1H3/q+1. The summed E-state index contributed by atoms with van der Waals surface area (Å²) in [5.74, 6) is 0.307. The van der Waals surface area contributed by atoms with E-state index >= 15 is 0 Å². The fourth-order valence-electron chi connectivity index (χ4n) is 4.03. The van der Waals surface area contributed by atoms with Crippen LogP contribution in [0.15, 0.2) is 91.0 Å². The highest BCUT2D eigenvalue weighted by molar-refractivity contribution is 7.95. The molecule has 0 radical (unpaired) electrons. The zero-order chi connectivity index (χ0) is 18.5. The van der Waals surface area contributed by atoms with E-state index in [0.717, 1.165) is 6.16 Å². The maximum atomic E-state index is 5.86. The van der Waals surface area contributed by atoms with Gasteiger partial charge in [0.25, 0.3) is 0 Å². The van der Waals surface area contributed by atoms with E-state index < -0.39 is 7.26 Å². The molecule has 3 aromatic rings. The number of ether oxygens (including phenoxy) is 2. The molecule has 0 saturated carbocycles. The van der Waals surface area contributed by atoms with Crippen molar-refractivity contribution in [3.8, 4) is 0 Å². The van der Waals surface area contributed by atoms with E-state index in [9.17, 15) is 0 Å². The number of rotatable bonds is 6. The Bertz CT molecular complexity index is 733.